The minimum atomic E-state index is -0.901. The third-order valence-corrected chi connectivity index (χ3v) is 6.48. The van der Waals surface area contributed by atoms with Gasteiger partial charge in [0.2, 0.25) is 11.8 Å². The number of benzene rings is 1. The van der Waals surface area contributed by atoms with Crippen LogP contribution in [0.3, 0.4) is 0 Å². The molecule has 27 heavy (non-hydrogen) atoms. The Balaban J connectivity index is 1.42. The summed E-state index contributed by atoms with van der Waals surface area (Å²) in [5, 5.41) is 12.5. The normalized spacial score (nSPS) is 29.6. The van der Waals surface area contributed by atoms with E-state index in [0.717, 1.165) is 36.9 Å². The number of carboxylic acids is 1. The molecular formula is C21H26N2O4. The fourth-order valence-electron chi connectivity index (χ4n) is 5.11. The average Bonchev–Trinajstić information content (AvgIpc) is 3.06. The van der Waals surface area contributed by atoms with E-state index in [1.165, 1.54) is 0 Å². The Bertz CT molecular complexity index is 762. The number of fused-ring (bicyclic) bond motifs is 2. The predicted octanol–water partition coefficient (Wildman–Crippen LogP) is 2.82. The van der Waals surface area contributed by atoms with Crippen LogP contribution in [0.2, 0.25) is 0 Å². The summed E-state index contributed by atoms with van der Waals surface area (Å²) >= 11 is 0. The monoisotopic (exact) mass is 370 g/mol. The lowest BCUT2D eigenvalue weighted by atomic mass is 9.84. The number of carboxylic acid groups (broad SMARTS) is 1. The molecule has 1 saturated carbocycles. The largest absolute Gasteiger partial charge is 0.480 e. The van der Waals surface area contributed by atoms with Crippen molar-refractivity contribution in [1.82, 2.24) is 4.90 Å². The van der Waals surface area contributed by atoms with Gasteiger partial charge in [-0.1, -0.05) is 31.0 Å². The molecule has 1 saturated heterocycles. The van der Waals surface area contributed by atoms with Gasteiger partial charge < -0.3 is 15.3 Å². The second kappa shape index (κ2) is 7.33. The SMILES string of the molecule is O=C1Nc2ccccc2C[C@@H]1CCC(=O)N1[C@H](C(=O)O)C[C@@H]2CCCC[C@@H]21. The molecule has 2 aliphatic heterocycles. The number of carbonyl (C=O) groups is 3. The molecule has 1 aliphatic carbocycles. The van der Waals surface area contributed by atoms with Crippen molar-refractivity contribution in [3.63, 3.8) is 0 Å². The molecule has 2 fully saturated rings. The van der Waals surface area contributed by atoms with E-state index in [2.05, 4.69) is 5.32 Å². The topological polar surface area (TPSA) is 86.7 Å². The Labute approximate surface area is 158 Å². The molecule has 0 unspecified atom stereocenters. The molecule has 3 aliphatic rings. The molecule has 2 amide bonds. The summed E-state index contributed by atoms with van der Waals surface area (Å²) < 4.78 is 0. The lowest BCUT2D eigenvalue weighted by Crippen LogP contribution is -2.46. The number of nitrogens with zero attached hydrogens (tertiary/aromatic N) is 1. The van der Waals surface area contributed by atoms with E-state index in [-0.39, 0.29) is 30.2 Å². The second-order valence-corrected chi connectivity index (χ2v) is 8.09. The average molecular weight is 370 g/mol. The Hall–Kier alpha value is -2.37. The van der Waals surface area contributed by atoms with Gasteiger partial charge in [-0.15, -0.1) is 0 Å². The summed E-state index contributed by atoms with van der Waals surface area (Å²) in [7, 11) is 0. The van der Waals surface area contributed by atoms with Crippen LogP contribution >= 0.6 is 0 Å². The first-order valence-electron chi connectivity index (χ1n) is 9.97. The van der Waals surface area contributed by atoms with E-state index in [9.17, 15) is 19.5 Å². The smallest absolute Gasteiger partial charge is 0.326 e. The zero-order valence-electron chi connectivity index (χ0n) is 15.4. The molecule has 2 N–H and O–H groups in total. The zero-order valence-corrected chi connectivity index (χ0v) is 15.4. The third kappa shape index (κ3) is 3.45. The summed E-state index contributed by atoms with van der Waals surface area (Å²) in [6, 6.07) is 7.09. The molecule has 4 rings (SSSR count). The first-order chi connectivity index (χ1) is 13.0. The highest BCUT2D eigenvalue weighted by Gasteiger charge is 2.47. The first-order valence-corrected chi connectivity index (χ1v) is 9.97. The van der Waals surface area contributed by atoms with Crippen LogP contribution in [0.15, 0.2) is 24.3 Å². The maximum absolute atomic E-state index is 12.9. The van der Waals surface area contributed by atoms with Gasteiger partial charge in [0, 0.05) is 24.1 Å². The Morgan fingerprint density at radius 1 is 1.19 bits per heavy atom. The maximum Gasteiger partial charge on any atom is 0.326 e. The maximum atomic E-state index is 12.9. The number of nitrogens with one attached hydrogen (secondary N) is 1. The quantitative estimate of drug-likeness (QED) is 0.853. The van der Waals surface area contributed by atoms with Gasteiger partial charge in [0.15, 0.2) is 0 Å². The molecule has 6 nitrogen and oxygen atoms in total. The highest BCUT2D eigenvalue weighted by Crippen LogP contribution is 2.40. The fraction of sp³-hybridized carbons (Fsp3) is 0.571. The van der Waals surface area contributed by atoms with Crippen LogP contribution in [0.5, 0.6) is 0 Å². The number of aliphatic carboxylic acids is 1. The van der Waals surface area contributed by atoms with Gasteiger partial charge in [0.1, 0.15) is 6.04 Å². The van der Waals surface area contributed by atoms with Crippen LogP contribution in [0.1, 0.15) is 50.5 Å². The summed E-state index contributed by atoms with van der Waals surface area (Å²) in [6.45, 7) is 0. The molecule has 1 aromatic carbocycles. The van der Waals surface area contributed by atoms with Gasteiger partial charge in [-0.3, -0.25) is 9.59 Å². The summed E-state index contributed by atoms with van der Waals surface area (Å²) in [5.41, 5.74) is 1.94. The Morgan fingerprint density at radius 2 is 1.96 bits per heavy atom. The van der Waals surface area contributed by atoms with Crippen molar-refractivity contribution in [2.45, 2.75) is 63.5 Å². The van der Waals surface area contributed by atoms with Crippen molar-refractivity contribution in [2.75, 3.05) is 5.32 Å². The van der Waals surface area contributed by atoms with Crippen LogP contribution in [-0.4, -0.2) is 39.9 Å². The number of amides is 2. The van der Waals surface area contributed by atoms with Crippen molar-refractivity contribution >= 4 is 23.5 Å². The Morgan fingerprint density at radius 3 is 2.78 bits per heavy atom. The van der Waals surface area contributed by atoms with Crippen LogP contribution < -0.4 is 5.32 Å². The van der Waals surface area contributed by atoms with Gasteiger partial charge in [-0.2, -0.15) is 0 Å². The highest BCUT2D eigenvalue weighted by molar-refractivity contribution is 5.96. The summed E-state index contributed by atoms with van der Waals surface area (Å²) in [5.74, 6) is -0.982. The van der Waals surface area contributed by atoms with Gasteiger partial charge in [-0.25, -0.2) is 4.79 Å². The van der Waals surface area contributed by atoms with E-state index in [1.54, 1.807) is 4.90 Å². The minimum absolute atomic E-state index is 0.0479. The highest BCUT2D eigenvalue weighted by atomic mass is 16.4. The van der Waals surface area contributed by atoms with Gasteiger partial charge in [-0.05, 0) is 49.7 Å². The minimum Gasteiger partial charge on any atom is -0.480 e. The van der Waals surface area contributed by atoms with E-state index in [1.807, 2.05) is 24.3 Å². The fourth-order valence-corrected chi connectivity index (χ4v) is 5.11. The first kappa shape index (κ1) is 18.0. The zero-order chi connectivity index (χ0) is 19.0. The van der Waals surface area contributed by atoms with E-state index in [0.29, 0.717) is 25.2 Å². The van der Waals surface area contributed by atoms with Crippen molar-refractivity contribution in [2.24, 2.45) is 11.8 Å². The molecule has 0 radical (unpaired) electrons. The number of carbonyl (C=O) groups excluding carboxylic acids is 2. The van der Waals surface area contributed by atoms with E-state index < -0.39 is 12.0 Å². The number of hydrogen-bond acceptors (Lipinski definition) is 3. The second-order valence-electron chi connectivity index (χ2n) is 8.09. The van der Waals surface area contributed by atoms with Crippen LogP contribution in [0, 0.1) is 11.8 Å². The van der Waals surface area contributed by atoms with Crippen molar-refractivity contribution in [1.29, 1.82) is 0 Å². The molecule has 1 aromatic rings. The van der Waals surface area contributed by atoms with Crippen LogP contribution in [0.25, 0.3) is 0 Å². The lowest BCUT2D eigenvalue weighted by molar-refractivity contribution is -0.150. The van der Waals surface area contributed by atoms with Crippen LogP contribution in [-0.2, 0) is 20.8 Å². The molecule has 6 heteroatoms. The lowest BCUT2D eigenvalue weighted by Gasteiger charge is -2.33. The third-order valence-electron chi connectivity index (χ3n) is 6.48. The number of likely N-dealkylation sites (tertiary alicyclic amines) is 1. The number of anilines is 1. The molecule has 4 atom stereocenters. The number of hydrogen-bond donors (Lipinski definition) is 2. The van der Waals surface area contributed by atoms with Crippen molar-refractivity contribution in [3.05, 3.63) is 29.8 Å². The molecule has 0 spiro atoms. The summed E-state index contributed by atoms with van der Waals surface area (Å²) in [6.07, 6.45) is 5.98. The van der Waals surface area contributed by atoms with Crippen LogP contribution in [0.4, 0.5) is 5.69 Å². The molecule has 0 bridgehead atoms. The molecular weight excluding hydrogens is 344 g/mol. The standard InChI is InChI=1S/C21H26N2O4/c24-19(23-17-8-4-2-6-14(17)12-18(23)21(26)27)10-9-15-11-13-5-1-3-7-16(13)22-20(15)25/h1,3,5,7,14-15,17-18H,2,4,6,8-12H2,(H,22,25)(H,26,27)/t14-,15-,17-,18-/m0/s1. The van der Waals surface area contributed by atoms with Gasteiger partial charge >= 0.3 is 5.97 Å². The van der Waals surface area contributed by atoms with Gasteiger partial charge in [0.05, 0.1) is 0 Å². The molecule has 144 valence electrons. The molecule has 2 heterocycles. The predicted molar refractivity (Wildman–Crippen MR) is 100 cm³/mol. The van der Waals surface area contributed by atoms with Crippen molar-refractivity contribution < 1.29 is 19.5 Å². The van der Waals surface area contributed by atoms with Crippen molar-refractivity contribution in [3.8, 4) is 0 Å². The van der Waals surface area contributed by atoms with Gasteiger partial charge in [0.25, 0.3) is 0 Å². The van der Waals surface area contributed by atoms with E-state index in [4.69, 9.17) is 0 Å². The number of para-hydroxylation sites is 1. The summed E-state index contributed by atoms with van der Waals surface area (Å²) in [4.78, 5) is 38.6. The number of rotatable bonds is 4. The van der Waals surface area contributed by atoms with E-state index >= 15 is 0 Å². The molecule has 0 aromatic heterocycles. The Kier molecular flexibility index (Phi) is 4.89.